The summed E-state index contributed by atoms with van der Waals surface area (Å²) in [5.74, 6) is -2.12. The molecular formula is C8H16N2O4. The number of rotatable bonds is 7. The lowest BCUT2D eigenvalue weighted by atomic mass is 10.1. The maximum atomic E-state index is 10.7. The maximum Gasteiger partial charge on any atom is 0.320 e. The van der Waals surface area contributed by atoms with Gasteiger partial charge in [0.1, 0.15) is 12.1 Å². The van der Waals surface area contributed by atoms with Crippen LogP contribution in [0.5, 0.6) is 0 Å². The number of nitrogens with two attached hydrogens (primary N) is 1. The van der Waals surface area contributed by atoms with E-state index in [1.54, 1.807) is 0 Å². The molecule has 2 atom stereocenters. The van der Waals surface area contributed by atoms with Crippen molar-refractivity contribution < 1.29 is 19.8 Å². The highest BCUT2D eigenvalue weighted by Gasteiger charge is 2.21. The Morgan fingerprint density at radius 3 is 2.29 bits per heavy atom. The molecule has 0 saturated heterocycles. The summed E-state index contributed by atoms with van der Waals surface area (Å²) in [5.41, 5.74) is 5.23. The summed E-state index contributed by atoms with van der Waals surface area (Å²) in [6.07, 6.45) is 0.889. The summed E-state index contributed by atoms with van der Waals surface area (Å²) < 4.78 is 0. The van der Waals surface area contributed by atoms with E-state index in [1.807, 2.05) is 0 Å². The highest BCUT2D eigenvalue weighted by Crippen LogP contribution is 1.98. The van der Waals surface area contributed by atoms with Crippen LogP contribution >= 0.6 is 0 Å². The minimum atomic E-state index is -1.07. The smallest absolute Gasteiger partial charge is 0.320 e. The lowest BCUT2D eigenvalue weighted by molar-refractivity contribution is -0.142. The van der Waals surface area contributed by atoms with Crippen LogP contribution in [0, 0.1) is 0 Å². The van der Waals surface area contributed by atoms with Crippen LogP contribution in [0.4, 0.5) is 0 Å². The normalized spacial score (nSPS) is 14.7. The molecule has 0 spiro atoms. The molecule has 0 aliphatic rings. The van der Waals surface area contributed by atoms with Gasteiger partial charge in [0.25, 0.3) is 0 Å². The van der Waals surface area contributed by atoms with Crippen molar-refractivity contribution in [2.24, 2.45) is 5.73 Å². The molecule has 0 radical (unpaired) electrons. The van der Waals surface area contributed by atoms with Crippen LogP contribution in [0.15, 0.2) is 0 Å². The van der Waals surface area contributed by atoms with Crippen LogP contribution in [0.25, 0.3) is 0 Å². The topological polar surface area (TPSA) is 113 Å². The van der Waals surface area contributed by atoms with Crippen LogP contribution in [0.2, 0.25) is 0 Å². The van der Waals surface area contributed by atoms with Gasteiger partial charge in [0, 0.05) is 0 Å². The Morgan fingerprint density at radius 1 is 1.36 bits per heavy atom. The second-order valence-corrected chi connectivity index (χ2v) is 3.05. The third-order valence-corrected chi connectivity index (χ3v) is 1.82. The van der Waals surface area contributed by atoms with Gasteiger partial charge in [-0.05, 0) is 26.3 Å². The molecule has 0 amide bonds. The number of carbonyl (C=O) groups is 2. The molecular weight excluding hydrogens is 188 g/mol. The zero-order valence-electron chi connectivity index (χ0n) is 8.06. The van der Waals surface area contributed by atoms with Crippen LogP contribution < -0.4 is 11.1 Å². The third kappa shape index (κ3) is 4.78. The first kappa shape index (κ1) is 12.9. The van der Waals surface area contributed by atoms with Gasteiger partial charge in [0.2, 0.25) is 0 Å². The largest absolute Gasteiger partial charge is 0.480 e. The van der Waals surface area contributed by atoms with E-state index in [-0.39, 0.29) is 0 Å². The van der Waals surface area contributed by atoms with Gasteiger partial charge in [-0.25, -0.2) is 0 Å². The van der Waals surface area contributed by atoms with E-state index >= 15 is 0 Å². The Balaban J connectivity index is 4.08. The second kappa shape index (κ2) is 6.33. The number of aliphatic carboxylic acids is 2. The van der Waals surface area contributed by atoms with Crippen molar-refractivity contribution in [2.45, 2.75) is 31.8 Å². The number of nitrogens with one attached hydrogen (secondary N) is 1. The Morgan fingerprint density at radius 2 is 1.93 bits per heavy atom. The van der Waals surface area contributed by atoms with Crippen molar-refractivity contribution in [1.29, 1.82) is 0 Å². The van der Waals surface area contributed by atoms with Gasteiger partial charge in [0.05, 0.1) is 0 Å². The average molecular weight is 204 g/mol. The molecule has 0 aromatic rings. The predicted octanol–water partition coefficient (Wildman–Crippen LogP) is -0.759. The summed E-state index contributed by atoms with van der Waals surface area (Å²) >= 11 is 0. The number of hydrogen-bond donors (Lipinski definition) is 4. The number of carboxylic acid groups (broad SMARTS) is 2. The van der Waals surface area contributed by atoms with E-state index in [9.17, 15) is 9.59 Å². The van der Waals surface area contributed by atoms with E-state index in [4.69, 9.17) is 15.9 Å². The molecule has 5 N–H and O–H groups in total. The monoisotopic (exact) mass is 204 g/mol. The average Bonchev–Trinajstić information content (AvgIpc) is 2.10. The fourth-order valence-corrected chi connectivity index (χ4v) is 0.973. The lowest BCUT2D eigenvalue weighted by Crippen LogP contribution is -2.45. The predicted molar refractivity (Wildman–Crippen MR) is 49.9 cm³/mol. The van der Waals surface area contributed by atoms with Gasteiger partial charge in [-0.1, -0.05) is 0 Å². The van der Waals surface area contributed by atoms with Crippen LogP contribution in [0.1, 0.15) is 19.8 Å². The zero-order chi connectivity index (χ0) is 11.1. The highest BCUT2D eigenvalue weighted by atomic mass is 16.4. The Kier molecular flexibility index (Phi) is 5.82. The molecule has 0 fully saturated rings. The Bertz CT molecular complexity index is 208. The van der Waals surface area contributed by atoms with Crippen molar-refractivity contribution >= 4 is 11.9 Å². The molecule has 6 heteroatoms. The Hall–Kier alpha value is -1.14. The second-order valence-electron chi connectivity index (χ2n) is 3.05. The van der Waals surface area contributed by atoms with E-state index in [0.717, 1.165) is 0 Å². The van der Waals surface area contributed by atoms with E-state index in [0.29, 0.717) is 19.4 Å². The minimum Gasteiger partial charge on any atom is -0.480 e. The fourth-order valence-electron chi connectivity index (χ4n) is 0.973. The van der Waals surface area contributed by atoms with Gasteiger partial charge < -0.3 is 15.9 Å². The zero-order valence-corrected chi connectivity index (χ0v) is 8.06. The van der Waals surface area contributed by atoms with Gasteiger partial charge in [-0.15, -0.1) is 0 Å². The molecule has 82 valence electrons. The molecule has 0 bridgehead atoms. The van der Waals surface area contributed by atoms with E-state index in [2.05, 4.69) is 5.32 Å². The third-order valence-electron chi connectivity index (χ3n) is 1.82. The molecule has 0 saturated carbocycles. The standard InChI is InChI=1S/C8H16N2O4/c1-5(7(11)12)10-6(8(13)14)3-2-4-9/h5-6,10H,2-4,9H2,1H3,(H,11,12)(H,13,14)/t5-,6+/m1/s1. The van der Waals surface area contributed by atoms with Crippen LogP contribution in [0.3, 0.4) is 0 Å². The minimum absolute atomic E-state index is 0.337. The highest BCUT2D eigenvalue weighted by molar-refractivity contribution is 5.77. The summed E-state index contributed by atoms with van der Waals surface area (Å²) in [5, 5.41) is 19.8. The van der Waals surface area contributed by atoms with Gasteiger partial charge in [-0.2, -0.15) is 0 Å². The first-order valence-electron chi connectivity index (χ1n) is 4.40. The number of carboxylic acids is 2. The van der Waals surface area contributed by atoms with Crippen molar-refractivity contribution in [3.8, 4) is 0 Å². The SMILES string of the molecule is C[C@@H](N[C@@H](CCCN)C(=O)O)C(=O)O. The Labute approximate surface area is 82.1 Å². The molecule has 0 unspecified atom stereocenters. The van der Waals surface area contributed by atoms with E-state index < -0.39 is 24.0 Å². The van der Waals surface area contributed by atoms with Gasteiger partial charge >= 0.3 is 11.9 Å². The quantitative estimate of drug-likeness (QED) is 0.433. The molecule has 0 aliphatic carbocycles. The van der Waals surface area contributed by atoms with Crippen molar-refractivity contribution in [3.63, 3.8) is 0 Å². The molecule has 6 nitrogen and oxygen atoms in total. The van der Waals surface area contributed by atoms with Crippen molar-refractivity contribution in [3.05, 3.63) is 0 Å². The fraction of sp³-hybridized carbons (Fsp3) is 0.750. The van der Waals surface area contributed by atoms with Crippen LogP contribution in [-0.4, -0.2) is 40.8 Å². The summed E-state index contributed by atoms with van der Waals surface area (Å²) in [4.78, 5) is 21.1. The first-order valence-corrected chi connectivity index (χ1v) is 4.40. The summed E-state index contributed by atoms with van der Waals surface area (Å²) in [7, 11) is 0. The molecule has 0 rings (SSSR count). The summed E-state index contributed by atoms with van der Waals surface area (Å²) in [6.45, 7) is 1.80. The van der Waals surface area contributed by atoms with E-state index in [1.165, 1.54) is 6.92 Å². The van der Waals surface area contributed by atoms with Crippen molar-refractivity contribution in [2.75, 3.05) is 6.54 Å². The first-order chi connectivity index (χ1) is 6.49. The molecule has 0 aromatic carbocycles. The van der Waals surface area contributed by atoms with Gasteiger partial charge in [0.15, 0.2) is 0 Å². The van der Waals surface area contributed by atoms with Crippen LogP contribution in [-0.2, 0) is 9.59 Å². The molecule has 0 heterocycles. The van der Waals surface area contributed by atoms with Crippen molar-refractivity contribution in [1.82, 2.24) is 5.32 Å². The molecule has 0 aliphatic heterocycles. The molecule has 14 heavy (non-hydrogen) atoms. The molecule has 0 aromatic heterocycles. The number of hydrogen-bond acceptors (Lipinski definition) is 4. The maximum absolute atomic E-state index is 10.7. The summed E-state index contributed by atoms with van der Waals surface area (Å²) in [6, 6.07) is -1.71. The van der Waals surface area contributed by atoms with Gasteiger partial charge in [-0.3, -0.25) is 14.9 Å². The lowest BCUT2D eigenvalue weighted by Gasteiger charge is -2.16.